The first-order chi connectivity index (χ1) is 5.79. The molecule has 2 bridgehead atoms. The van der Waals surface area contributed by atoms with Gasteiger partial charge in [-0.2, -0.15) is 0 Å². The first-order valence-electron chi connectivity index (χ1n) is 4.18. The van der Waals surface area contributed by atoms with Gasteiger partial charge in [-0.1, -0.05) is 12.2 Å². The normalized spacial score (nSPS) is 40.7. The second kappa shape index (κ2) is 3.43. The van der Waals surface area contributed by atoms with Crippen LogP contribution in [0.2, 0.25) is 0 Å². The quantitative estimate of drug-likeness (QED) is 0.542. The zero-order valence-electron chi connectivity index (χ0n) is 7.01. The highest BCUT2D eigenvalue weighted by atomic mass is 31.2. The molecule has 0 radical (unpaired) electrons. The van der Waals surface area contributed by atoms with Gasteiger partial charge in [0, 0.05) is 13.0 Å². The summed E-state index contributed by atoms with van der Waals surface area (Å²) >= 11 is 0. The van der Waals surface area contributed by atoms with E-state index in [1.165, 1.54) is 13.5 Å². The van der Waals surface area contributed by atoms with E-state index in [1.54, 1.807) is 0 Å². The lowest BCUT2D eigenvalue weighted by molar-refractivity contribution is 0.138. The van der Waals surface area contributed by atoms with Crippen molar-refractivity contribution >= 4 is 8.60 Å². The van der Waals surface area contributed by atoms with Crippen LogP contribution in [0.1, 0.15) is 12.8 Å². The zero-order chi connectivity index (χ0) is 8.55. The van der Waals surface area contributed by atoms with E-state index in [4.69, 9.17) is 13.9 Å². The fraction of sp³-hybridized carbons (Fsp3) is 0.750. The molecule has 0 spiro atoms. The molecule has 4 unspecified atom stereocenters. The molecule has 0 aromatic rings. The van der Waals surface area contributed by atoms with E-state index in [0.717, 1.165) is 6.42 Å². The zero-order valence-corrected chi connectivity index (χ0v) is 7.91. The second-order valence-corrected chi connectivity index (χ2v) is 4.40. The van der Waals surface area contributed by atoms with Crippen LogP contribution >= 0.6 is 8.60 Å². The fourth-order valence-electron chi connectivity index (χ4n) is 2.01. The van der Waals surface area contributed by atoms with Crippen molar-refractivity contribution < 1.29 is 13.9 Å². The molecule has 0 aromatic heterocycles. The van der Waals surface area contributed by atoms with E-state index in [9.17, 15) is 0 Å². The largest absolute Gasteiger partial charge is 0.329 e. The summed E-state index contributed by atoms with van der Waals surface area (Å²) in [5.41, 5.74) is 0. The first-order valence-corrected chi connectivity index (χ1v) is 5.31. The van der Waals surface area contributed by atoms with Crippen LogP contribution < -0.4 is 0 Å². The average molecular weight is 188 g/mol. The van der Waals surface area contributed by atoms with E-state index in [0.29, 0.717) is 11.8 Å². The lowest BCUT2D eigenvalue weighted by Gasteiger charge is -2.19. The molecule has 0 amide bonds. The highest BCUT2D eigenvalue weighted by molar-refractivity contribution is 7.40. The van der Waals surface area contributed by atoms with Gasteiger partial charge in [-0.15, -0.1) is 0 Å². The first kappa shape index (κ1) is 8.64. The molecule has 3 nitrogen and oxygen atoms in total. The molecule has 2 aliphatic carbocycles. The Morgan fingerprint density at radius 2 is 2.25 bits per heavy atom. The molecule has 1 N–H and O–H groups in total. The number of fused-ring (bicyclic) bond motifs is 2. The minimum atomic E-state index is -1.64. The van der Waals surface area contributed by atoms with Crippen molar-refractivity contribution in [2.24, 2.45) is 11.8 Å². The Bertz CT molecular complexity index is 195. The van der Waals surface area contributed by atoms with E-state index >= 15 is 0 Å². The summed E-state index contributed by atoms with van der Waals surface area (Å²) in [5.74, 6) is 1.20. The molecule has 2 rings (SSSR count). The predicted octanol–water partition coefficient (Wildman–Crippen LogP) is 1.83. The lowest BCUT2D eigenvalue weighted by Crippen LogP contribution is -2.15. The number of allylic oxidation sites excluding steroid dienone is 1. The third-order valence-corrected chi connectivity index (χ3v) is 3.36. The topological polar surface area (TPSA) is 38.7 Å². The smallest absolute Gasteiger partial charge is 0.328 e. The summed E-state index contributed by atoms with van der Waals surface area (Å²) in [6.45, 7) is 0. The fourth-order valence-corrected chi connectivity index (χ4v) is 2.57. The Balaban J connectivity index is 1.87. The minimum Gasteiger partial charge on any atom is -0.328 e. The van der Waals surface area contributed by atoms with Crippen LogP contribution in [-0.2, 0) is 9.05 Å². The summed E-state index contributed by atoms with van der Waals surface area (Å²) in [5, 5.41) is 0. The Hall–Kier alpha value is 0.0500. The van der Waals surface area contributed by atoms with E-state index < -0.39 is 8.60 Å². The Labute approximate surface area is 73.4 Å². The third-order valence-electron chi connectivity index (χ3n) is 2.60. The minimum absolute atomic E-state index is 0.191. The van der Waals surface area contributed by atoms with Crippen molar-refractivity contribution in [3.8, 4) is 0 Å². The van der Waals surface area contributed by atoms with Gasteiger partial charge in [0.15, 0.2) is 0 Å². The molecule has 1 saturated carbocycles. The molecule has 1 fully saturated rings. The SMILES string of the molecule is COP(O)OC1CC2C=CC1C2. The van der Waals surface area contributed by atoms with Crippen LogP contribution in [0.4, 0.5) is 0 Å². The molecule has 2 aliphatic rings. The van der Waals surface area contributed by atoms with Gasteiger partial charge in [0.1, 0.15) is 0 Å². The van der Waals surface area contributed by atoms with E-state index in [2.05, 4.69) is 12.2 Å². The Morgan fingerprint density at radius 1 is 1.42 bits per heavy atom. The third kappa shape index (κ3) is 1.55. The van der Waals surface area contributed by atoms with Crippen LogP contribution in [0.5, 0.6) is 0 Å². The molecule has 4 atom stereocenters. The van der Waals surface area contributed by atoms with Gasteiger partial charge in [-0.25, -0.2) is 0 Å². The predicted molar refractivity (Wildman–Crippen MR) is 46.4 cm³/mol. The van der Waals surface area contributed by atoms with Crippen LogP contribution in [-0.4, -0.2) is 18.1 Å². The molecular formula is C8H13O3P. The van der Waals surface area contributed by atoms with Gasteiger partial charge >= 0.3 is 8.60 Å². The second-order valence-electron chi connectivity index (χ2n) is 3.34. The molecule has 0 aromatic carbocycles. The maximum atomic E-state index is 9.14. The van der Waals surface area contributed by atoms with Gasteiger partial charge in [0.25, 0.3) is 0 Å². The average Bonchev–Trinajstić information content (AvgIpc) is 2.64. The summed E-state index contributed by atoms with van der Waals surface area (Å²) < 4.78 is 10.0. The maximum Gasteiger partial charge on any atom is 0.329 e. The molecule has 68 valence electrons. The van der Waals surface area contributed by atoms with Gasteiger partial charge in [-0.05, 0) is 18.8 Å². The maximum absolute atomic E-state index is 9.14. The molecule has 0 aliphatic heterocycles. The van der Waals surface area contributed by atoms with Crippen LogP contribution in [0.15, 0.2) is 12.2 Å². The van der Waals surface area contributed by atoms with Gasteiger partial charge < -0.3 is 13.9 Å². The summed E-state index contributed by atoms with van der Waals surface area (Å²) in [6.07, 6.45) is 6.87. The highest BCUT2D eigenvalue weighted by Crippen LogP contribution is 2.46. The highest BCUT2D eigenvalue weighted by Gasteiger charge is 2.37. The van der Waals surface area contributed by atoms with Crippen LogP contribution in [0.3, 0.4) is 0 Å². The standard InChI is InChI=1S/C8H13O3P/c1-10-12(9)11-8-5-6-2-3-7(8)4-6/h2-3,6-9H,4-5H2,1H3. The van der Waals surface area contributed by atoms with Crippen molar-refractivity contribution in [3.05, 3.63) is 12.2 Å². The Morgan fingerprint density at radius 3 is 2.75 bits per heavy atom. The van der Waals surface area contributed by atoms with Crippen LogP contribution in [0, 0.1) is 11.8 Å². The monoisotopic (exact) mass is 188 g/mol. The number of hydrogen-bond donors (Lipinski definition) is 1. The van der Waals surface area contributed by atoms with Crippen molar-refractivity contribution in [1.82, 2.24) is 0 Å². The summed E-state index contributed by atoms with van der Waals surface area (Å²) in [7, 11) is -0.168. The van der Waals surface area contributed by atoms with E-state index in [-0.39, 0.29) is 6.10 Å². The Kier molecular flexibility index (Phi) is 2.47. The van der Waals surface area contributed by atoms with Gasteiger partial charge in [-0.3, -0.25) is 0 Å². The van der Waals surface area contributed by atoms with Crippen molar-refractivity contribution in [2.75, 3.05) is 7.11 Å². The summed E-state index contributed by atoms with van der Waals surface area (Å²) in [4.78, 5) is 9.14. The molecule has 4 heteroatoms. The molecule has 12 heavy (non-hydrogen) atoms. The van der Waals surface area contributed by atoms with Crippen molar-refractivity contribution in [2.45, 2.75) is 18.9 Å². The number of rotatable bonds is 3. The molecular weight excluding hydrogens is 175 g/mol. The lowest BCUT2D eigenvalue weighted by atomic mass is 10.1. The molecule has 0 heterocycles. The van der Waals surface area contributed by atoms with Gasteiger partial charge in [0.2, 0.25) is 0 Å². The van der Waals surface area contributed by atoms with Gasteiger partial charge in [0.05, 0.1) is 6.10 Å². The number of hydrogen-bond acceptors (Lipinski definition) is 3. The van der Waals surface area contributed by atoms with E-state index in [1.807, 2.05) is 0 Å². The molecule has 0 saturated heterocycles. The summed E-state index contributed by atoms with van der Waals surface area (Å²) in [6, 6.07) is 0. The van der Waals surface area contributed by atoms with Crippen molar-refractivity contribution in [1.29, 1.82) is 0 Å². The van der Waals surface area contributed by atoms with Crippen molar-refractivity contribution in [3.63, 3.8) is 0 Å². The van der Waals surface area contributed by atoms with Crippen LogP contribution in [0.25, 0.3) is 0 Å².